The van der Waals surface area contributed by atoms with Crippen molar-refractivity contribution in [2.24, 2.45) is 0 Å². The Labute approximate surface area is 185 Å². The number of hydrogen-bond donors (Lipinski definition) is 0. The van der Waals surface area contributed by atoms with E-state index in [1.807, 2.05) is 12.1 Å². The Morgan fingerprint density at radius 1 is 1.00 bits per heavy atom. The number of rotatable bonds is 6. The highest BCUT2D eigenvalue weighted by Gasteiger charge is 2.09. The Hall–Kier alpha value is -3.44. The van der Waals surface area contributed by atoms with E-state index < -0.39 is 0 Å². The van der Waals surface area contributed by atoms with E-state index in [0.29, 0.717) is 38.2 Å². The molecule has 0 aliphatic carbocycles. The molecular formula is C24H16Cl2N2O2. The monoisotopic (exact) mass is 434 g/mol. The molecule has 0 unspecified atom stereocenters. The molecule has 0 spiro atoms. The SMILES string of the molecule is COc1cc(/C=C(\C#N)c2cccc(C#N)c2)ccc1OCc1ccc(Cl)cc1Cl. The van der Waals surface area contributed by atoms with Crippen molar-refractivity contribution in [1.82, 2.24) is 0 Å². The Kier molecular flexibility index (Phi) is 6.99. The average molecular weight is 435 g/mol. The predicted octanol–water partition coefficient (Wildman–Crippen LogP) is 6.52. The molecule has 148 valence electrons. The van der Waals surface area contributed by atoms with Crippen molar-refractivity contribution in [1.29, 1.82) is 10.5 Å². The third-order valence-corrected chi connectivity index (χ3v) is 4.91. The van der Waals surface area contributed by atoms with Gasteiger partial charge in [-0.1, -0.05) is 47.5 Å². The van der Waals surface area contributed by atoms with Crippen LogP contribution in [0.15, 0.2) is 60.7 Å². The first-order valence-electron chi connectivity index (χ1n) is 8.91. The van der Waals surface area contributed by atoms with Crippen LogP contribution in [-0.2, 0) is 6.61 Å². The summed E-state index contributed by atoms with van der Waals surface area (Å²) in [6.45, 7) is 0.256. The first kappa shape index (κ1) is 21.3. The highest BCUT2D eigenvalue weighted by atomic mass is 35.5. The minimum atomic E-state index is 0.256. The lowest BCUT2D eigenvalue weighted by Gasteiger charge is -2.12. The second-order valence-electron chi connectivity index (χ2n) is 6.30. The van der Waals surface area contributed by atoms with Gasteiger partial charge < -0.3 is 9.47 Å². The van der Waals surface area contributed by atoms with Gasteiger partial charge in [0.2, 0.25) is 0 Å². The molecule has 0 aromatic heterocycles. The topological polar surface area (TPSA) is 66.0 Å². The molecule has 0 saturated heterocycles. The molecular weight excluding hydrogens is 419 g/mol. The average Bonchev–Trinajstić information content (AvgIpc) is 2.77. The number of nitrogens with zero attached hydrogens (tertiary/aromatic N) is 2. The van der Waals surface area contributed by atoms with Crippen LogP contribution < -0.4 is 9.47 Å². The molecule has 0 saturated carbocycles. The summed E-state index contributed by atoms with van der Waals surface area (Å²) in [4.78, 5) is 0. The number of methoxy groups -OCH3 is 1. The highest BCUT2D eigenvalue weighted by Crippen LogP contribution is 2.31. The molecule has 0 N–H and O–H groups in total. The maximum absolute atomic E-state index is 9.56. The minimum absolute atomic E-state index is 0.256. The van der Waals surface area contributed by atoms with E-state index in [1.165, 1.54) is 0 Å². The summed E-state index contributed by atoms with van der Waals surface area (Å²) in [5, 5.41) is 19.7. The van der Waals surface area contributed by atoms with Crippen LogP contribution >= 0.6 is 23.2 Å². The lowest BCUT2D eigenvalue weighted by Crippen LogP contribution is -1.98. The number of benzene rings is 3. The molecule has 0 fully saturated rings. The van der Waals surface area contributed by atoms with Gasteiger partial charge in [-0.05, 0) is 53.6 Å². The molecule has 0 atom stereocenters. The summed E-state index contributed by atoms with van der Waals surface area (Å²) < 4.78 is 11.3. The first-order chi connectivity index (χ1) is 14.5. The third-order valence-electron chi connectivity index (χ3n) is 4.32. The standard InChI is InChI=1S/C24H16Cl2N2O2/c1-29-24-11-16(9-20(14-28)18-4-2-3-17(10-18)13-27)5-8-23(24)30-15-19-6-7-21(25)12-22(19)26/h2-12H,15H2,1H3/b20-9+. The van der Waals surface area contributed by atoms with E-state index in [2.05, 4.69) is 12.1 Å². The van der Waals surface area contributed by atoms with Crippen molar-refractivity contribution in [3.05, 3.63) is 93.0 Å². The quantitative estimate of drug-likeness (QED) is 0.327. The minimum Gasteiger partial charge on any atom is -0.493 e. The van der Waals surface area contributed by atoms with E-state index in [4.69, 9.17) is 37.9 Å². The van der Waals surface area contributed by atoms with Gasteiger partial charge >= 0.3 is 0 Å². The molecule has 3 aromatic rings. The van der Waals surface area contributed by atoms with Crippen molar-refractivity contribution < 1.29 is 9.47 Å². The van der Waals surface area contributed by atoms with Gasteiger partial charge in [0.1, 0.15) is 6.61 Å². The summed E-state index contributed by atoms with van der Waals surface area (Å²) in [7, 11) is 1.55. The molecule has 3 rings (SSSR count). The summed E-state index contributed by atoms with van der Waals surface area (Å²) in [6.07, 6.45) is 1.73. The molecule has 0 aliphatic rings. The molecule has 0 heterocycles. The zero-order valence-electron chi connectivity index (χ0n) is 16.0. The number of allylic oxidation sites excluding steroid dienone is 1. The Balaban J connectivity index is 1.84. The number of nitriles is 2. The molecule has 0 amide bonds. The van der Waals surface area contributed by atoms with Crippen LogP contribution in [-0.4, -0.2) is 7.11 Å². The number of halogens is 2. The van der Waals surface area contributed by atoms with Crippen LogP contribution in [0.2, 0.25) is 10.0 Å². The van der Waals surface area contributed by atoms with Crippen molar-refractivity contribution in [3.8, 4) is 23.6 Å². The van der Waals surface area contributed by atoms with Crippen molar-refractivity contribution >= 4 is 34.9 Å². The summed E-state index contributed by atoms with van der Waals surface area (Å²) in [5.41, 5.74) is 3.18. The van der Waals surface area contributed by atoms with Crippen LogP contribution in [0, 0.1) is 22.7 Å². The highest BCUT2D eigenvalue weighted by molar-refractivity contribution is 6.35. The normalized spacial score (nSPS) is 10.8. The maximum atomic E-state index is 9.56. The largest absolute Gasteiger partial charge is 0.493 e. The predicted molar refractivity (Wildman–Crippen MR) is 118 cm³/mol. The Morgan fingerprint density at radius 3 is 2.53 bits per heavy atom. The van der Waals surface area contributed by atoms with E-state index in [1.54, 1.807) is 61.7 Å². The fourth-order valence-corrected chi connectivity index (χ4v) is 3.25. The first-order valence-corrected chi connectivity index (χ1v) is 9.66. The van der Waals surface area contributed by atoms with E-state index >= 15 is 0 Å². The van der Waals surface area contributed by atoms with Gasteiger partial charge in [0.05, 0.1) is 30.4 Å². The summed E-state index contributed by atoms with van der Waals surface area (Å²) >= 11 is 12.1. The molecule has 0 aliphatic heterocycles. The zero-order valence-corrected chi connectivity index (χ0v) is 17.5. The molecule has 30 heavy (non-hydrogen) atoms. The van der Waals surface area contributed by atoms with Crippen LogP contribution in [0.1, 0.15) is 22.3 Å². The Morgan fingerprint density at radius 2 is 1.83 bits per heavy atom. The lowest BCUT2D eigenvalue weighted by atomic mass is 10.0. The summed E-state index contributed by atoms with van der Waals surface area (Å²) in [6, 6.07) is 21.8. The third kappa shape index (κ3) is 5.13. The van der Waals surface area contributed by atoms with Crippen molar-refractivity contribution in [2.75, 3.05) is 7.11 Å². The lowest BCUT2D eigenvalue weighted by molar-refractivity contribution is 0.284. The van der Waals surface area contributed by atoms with Gasteiger partial charge in [0.15, 0.2) is 11.5 Å². The second-order valence-corrected chi connectivity index (χ2v) is 7.14. The van der Waals surface area contributed by atoms with E-state index in [9.17, 15) is 5.26 Å². The molecule has 3 aromatic carbocycles. The van der Waals surface area contributed by atoms with Crippen molar-refractivity contribution in [3.63, 3.8) is 0 Å². The van der Waals surface area contributed by atoms with Gasteiger partial charge in [-0.25, -0.2) is 0 Å². The summed E-state index contributed by atoms with van der Waals surface area (Å²) in [5.74, 6) is 1.07. The number of ether oxygens (including phenoxy) is 2. The second kappa shape index (κ2) is 9.85. The van der Waals surface area contributed by atoms with Crippen LogP contribution in [0.3, 0.4) is 0 Å². The zero-order chi connectivity index (χ0) is 21.5. The molecule has 6 heteroatoms. The fourth-order valence-electron chi connectivity index (χ4n) is 2.79. The number of hydrogen-bond acceptors (Lipinski definition) is 4. The fraction of sp³-hybridized carbons (Fsp3) is 0.0833. The Bertz CT molecular complexity index is 1190. The van der Waals surface area contributed by atoms with E-state index in [-0.39, 0.29) is 6.61 Å². The molecule has 0 radical (unpaired) electrons. The van der Waals surface area contributed by atoms with Crippen molar-refractivity contribution in [2.45, 2.75) is 6.61 Å². The van der Waals surface area contributed by atoms with Crippen LogP contribution in [0.25, 0.3) is 11.6 Å². The molecule has 4 nitrogen and oxygen atoms in total. The maximum Gasteiger partial charge on any atom is 0.161 e. The van der Waals surface area contributed by atoms with Crippen LogP contribution in [0.5, 0.6) is 11.5 Å². The van der Waals surface area contributed by atoms with Gasteiger partial charge in [0, 0.05) is 15.6 Å². The van der Waals surface area contributed by atoms with Gasteiger partial charge in [0.25, 0.3) is 0 Å². The molecule has 0 bridgehead atoms. The van der Waals surface area contributed by atoms with Crippen LogP contribution in [0.4, 0.5) is 0 Å². The smallest absolute Gasteiger partial charge is 0.161 e. The van der Waals surface area contributed by atoms with Gasteiger partial charge in [-0.2, -0.15) is 10.5 Å². The van der Waals surface area contributed by atoms with E-state index in [0.717, 1.165) is 11.1 Å². The van der Waals surface area contributed by atoms with Gasteiger partial charge in [-0.15, -0.1) is 0 Å². The van der Waals surface area contributed by atoms with Gasteiger partial charge in [-0.3, -0.25) is 0 Å².